The predicted molar refractivity (Wildman–Crippen MR) is 136 cm³/mol. The third-order valence-corrected chi connectivity index (χ3v) is 8.62. The number of thiazole rings is 1. The van der Waals surface area contributed by atoms with Crippen molar-refractivity contribution >= 4 is 45.7 Å². The Hall–Kier alpha value is -2.97. The van der Waals surface area contributed by atoms with Crippen LogP contribution in [0.4, 0.5) is 5.13 Å². The number of carbonyl (C=O) groups excluding carboxylic acids is 1. The highest BCUT2D eigenvalue weighted by Gasteiger charge is 2.32. The fourth-order valence-electron chi connectivity index (χ4n) is 3.81. The second-order valence-corrected chi connectivity index (χ2v) is 11.1. The Morgan fingerprint density at radius 2 is 1.91 bits per heavy atom. The molecule has 2 N–H and O–H groups in total. The van der Waals surface area contributed by atoms with Crippen molar-refractivity contribution in [1.82, 2.24) is 4.98 Å². The van der Waals surface area contributed by atoms with Gasteiger partial charge in [0.05, 0.1) is 29.0 Å². The van der Waals surface area contributed by atoms with Crippen LogP contribution in [0.25, 0.3) is 32.7 Å². The number of furan rings is 1. The molecule has 8 nitrogen and oxygen atoms in total. The largest absolute Gasteiger partial charge is 0.507 e. The molecule has 0 atom stereocenters. The van der Waals surface area contributed by atoms with Crippen LogP contribution in [0.5, 0.6) is 5.75 Å². The third-order valence-electron chi connectivity index (χ3n) is 5.63. The summed E-state index contributed by atoms with van der Waals surface area (Å²) in [5, 5.41) is 14.1. The molecule has 0 spiro atoms. The van der Waals surface area contributed by atoms with E-state index in [1.54, 1.807) is 38.1 Å². The lowest BCUT2D eigenvalue weighted by Crippen LogP contribution is -2.12. The summed E-state index contributed by atoms with van der Waals surface area (Å²) in [4.78, 5) is 16.8. The van der Waals surface area contributed by atoms with Crippen LogP contribution in [0.2, 0.25) is 0 Å². The molecule has 4 aromatic rings. The lowest BCUT2D eigenvalue weighted by Gasteiger charge is -2.14. The fraction of sp³-hybridized carbons (Fsp3) is 0.280. The van der Waals surface area contributed by atoms with Crippen LogP contribution in [0.3, 0.4) is 0 Å². The van der Waals surface area contributed by atoms with Crippen LogP contribution >= 0.6 is 18.9 Å². The average Bonchev–Trinajstić information content (AvgIpc) is 3.42. The van der Waals surface area contributed by atoms with Gasteiger partial charge in [-0.05, 0) is 62.6 Å². The Bertz CT molecular complexity index is 1430. The molecule has 0 radical (unpaired) electrons. The van der Waals surface area contributed by atoms with Crippen molar-refractivity contribution in [3.63, 3.8) is 0 Å². The second kappa shape index (κ2) is 9.59. The molecule has 0 bridgehead atoms. The summed E-state index contributed by atoms with van der Waals surface area (Å²) in [5.74, 6) is 0.474. The number of anilines is 1. The minimum absolute atomic E-state index is 0.0162. The van der Waals surface area contributed by atoms with Gasteiger partial charge in [0.15, 0.2) is 5.13 Å². The minimum Gasteiger partial charge on any atom is -0.507 e. The Balaban J connectivity index is 1.50. The van der Waals surface area contributed by atoms with Gasteiger partial charge in [0, 0.05) is 11.5 Å². The summed E-state index contributed by atoms with van der Waals surface area (Å²) >= 11 is 1.42. The zero-order chi connectivity index (χ0) is 24.6. The van der Waals surface area contributed by atoms with Crippen molar-refractivity contribution in [2.75, 3.05) is 18.5 Å². The molecule has 0 unspecified atom stereocenters. The molecule has 2 heterocycles. The smallest absolute Gasteiger partial charge is 0.396 e. The van der Waals surface area contributed by atoms with Crippen LogP contribution in [0, 0.1) is 5.92 Å². The van der Waals surface area contributed by atoms with Gasteiger partial charge < -0.3 is 23.9 Å². The van der Waals surface area contributed by atoms with Gasteiger partial charge >= 0.3 is 7.60 Å². The van der Waals surface area contributed by atoms with Crippen molar-refractivity contribution in [1.29, 1.82) is 0 Å². The number of hydrogen-bond donors (Lipinski definition) is 2. The van der Waals surface area contributed by atoms with Gasteiger partial charge in [0.2, 0.25) is 11.4 Å². The number of benzene rings is 2. The Morgan fingerprint density at radius 3 is 2.63 bits per heavy atom. The summed E-state index contributed by atoms with van der Waals surface area (Å²) in [7, 11) is -3.59. The molecular formula is C25H25N2O6PS. The van der Waals surface area contributed by atoms with E-state index in [-0.39, 0.29) is 36.3 Å². The zero-order valence-electron chi connectivity index (χ0n) is 19.3. The minimum atomic E-state index is -3.59. The Labute approximate surface area is 206 Å². The molecule has 10 heteroatoms. The van der Waals surface area contributed by atoms with Crippen molar-refractivity contribution in [2.45, 2.75) is 26.7 Å². The molecule has 182 valence electrons. The van der Waals surface area contributed by atoms with E-state index in [1.165, 1.54) is 11.3 Å². The summed E-state index contributed by atoms with van der Waals surface area (Å²) in [6, 6.07) is 14.2. The number of amides is 1. The maximum Gasteiger partial charge on any atom is 0.396 e. The molecule has 0 aliphatic heterocycles. The number of nitrogens with one attached hydrogen (secondary N) is 1. The zero-order valence-corrected chi connectivity index (χ0v) is 21.0. The molecule has 0 saturated heterocycles. The van der Waals surface area contributed by atoms with Crippen LogP contribution in [-0.2, 0) is 18.4 Å². The number of aromatic hydroxyl groups is 1. The van der Waals surface area contributed by atoms with Gasteiger partial charge in [-0.25, -0.2) is 4.98 Å². The molecule has 2 aromatic heterocycles. The number of phenolic OH excluding ortho intramolecular Hbond substituents is 1. The molecule has 1 aliphatic carbocycles. The molecule has 1 aliphatic rings. The van der Waals surface area contributed by atoms with Crippen LogP contribution in [0.1, 0.15) is 26.7 Å². The maximum atomic E-state index is 13.1. The molecule has 5 rings (SSSR count). The van der Waals surface area contributed by atoms with Gasteiger partial charge in [-0.15, -0.1) is 0 Å². The maximum absolute atomic E-state index is 13.1. The molecule has 1 amide bonds. The number of fused-ring (bicyclic) bond motifs is 1. The van der Waals surface area contributed by atoms with E-state index in [0.717, 1.165) is 34.2 Å². The van der Waals surface area contributed by atoms with Crippen molar-refractivity contribution < 1.29 is 27.9 Å². The first kappa shape index (κ1) is 23.8. The number of rotatable bonds is 9. The molecule has 1 saturated carbocycles. The summed E-state index contributed by atoms with van der Waals surface area (Å²) in [6.07, 6.45) is 1.86. The predicted octanol–water partition coefficient (Wildman–Crippen LogP) is 6.17. The van der Waals surface area contributed by atoms with E-state index < -0.39 is 7.60 Å². The molecule has 2 aromatic carbocycles. The lowest BCUT2D eigenvalue weighted by atomic mass is 10.0. The van der Waals surface area contributed by atoms with E-state index in [9.17, 15) is 14.5 Å². The van der Waals surface area contributed by atoms with Crippen molar-refractivity contribution in [3.8, 4) is 28.2 Å². The number of carbonyl (C=O) groups is 1. The monoisotopic (exact) mass is 512 g/mol. The normalized spacial score (nSPS) is 13.9. The number of aromatic nitrogens is 1. The van der Waals surface area contributed by atoms with Crippen LogP contribution in [0.15, 0.2) is 52.9 Å². The average molecular weight is 513 g/mol. The van der Waals surface area contributed by atoms with Gasteiger partial charge in [0.25, 0.3) is 0 Å². The third kappa shape index (κ3) is 4.77. The van der Waals surface area contributed by atoms with E-state index in [2.05, 4.69) is 10.3 Å². The fourth-order valence-corrected chi connectivity index (χ4v) is 6.29. The van der Waals surface area contributed by atoms with Gasteiger partial charge in [-0.2, -0.15) is 0 Å². The van der Waals surface area contributed by atoms with Gasteiger partial charge in [0.1, 0.15) is 11.5 Å². The number of phenols is 1. The molecule has 35 heavy (non-hydrogen) atoms. The molecule has 1 fully saturated rings. The number of nitrogens with zero attached hydrogens (tertiary/aromatic N) is 1. The first-order chi connectivity index (χ1) is 16.9. The van der Waals surface area contributed by atoms with E-state index in [0.29, 0.717) is 16.5 Å². The highest BCUT2D eigenvalue weighted by Crippen LogP contribution is 2.48. The van der Waals surface area contributed by atoms with E-state index >= 15 is 0 Å². The van der Waals surface area contributed by atoms with E-state index in [4.69, 9.17) is 13.5 Å². The summed E-state index contributed by atoms with van der Waals surface area (Å²) in [5.41, 5.74) is 3.05. The van der Waals surface area contributed by atoms with Crippen LogP contribution < -0.4 is 10.8 Å². The number of hydrogen-bond acceptors (Lipinski definition) is 8. The second-order valence-electron chi connectivity index (χ2n) is 8.14. The first-order valence-electron chi connectivity index (χ1n) is 11.5. The SMILES string of the molecule is CCOP(=O)(OCC)c1ccc(-c2cc(-c3cccc4nc(NC(=O)C5CC5)sc34)ccc2O)o1. The summed E-state index contributed by atoms with van der Waals surface area (Å²) in [6.45, 7) is 3.87. The van der Waals surface area contributed by atoms with Gasteiger partial charge in [-0.3, -0.25) is 9.36 Å². The Morgan fingerprint density at radius 1 is 1.14 bits per heavy atom. The summed E-state index contributed by atoms with van der Waals surface area (Å²) < 4.78 is 30.6. The van der Waals surface area contributed by atoms with Crippen molar-refractivity contribution in [2.24, 2.45) is 5.92 Å². The lowest BCUT2D eigenvalue weighted by molar-refractivity contribution is -0.117. The Kier molecular flexibility index (Phi) is 6.51. The first-order valence-corrected chi connectivity index (χ1v) is 13.8. The quantitative estimate of drug-likeness (QED) is 0.258. The highest BCUT2D eigenvalue weighted by atomic mass is 32.1. The standard InChI is InChI=1S/C25H25N2O6PS/c1-3-31-34(30,32-4-2)22-13-12-21(33-22)18-14-16(10-11-20(18)28)17-6-5-7-19-23(17)35-25(26-19)27-24(29)15-8-9-15/h5-7,10-15,28H,3-4,8-9H2,1-2H3,(H,26,27,29). The van der Waals surface area contributed by atoms with E-state index in [1.807, 2.05) is 24.3 Å². The van der Waals surface area contributed by atoms with Gasteiger partial charge in [-0.1, -0.05) is 29.5 Å². The molecular weight excluding hydrogens is 487 g/mol. The van der Waals surface area contributed by atoms with Crippen molar-refractivity contribution in [3.05, 3.63) is 48.5 Å². The van der Waals surface area contributed by atoms with Crippen LogP contribution in [-0.4, -0.2) is 29.2 Å². The topological polar surface area (TPSA) is 111 Å². The highest BCUT2D eigenvalue weighted by molar-refractivity contribution is 7.61.